The van der Waals surface area contributed by atoms with E-state index in [1.165, 1.54) is 0 Å². The van der Waals surface area contributed by atoms with Gasteiger partial charge in [-0.2, -0.15) is 5.21 Å². The van der Waals surface area contributed by atoms with Gasteiger partial charge >= 0.3 is 0 Å². The molecule has 0 fully saturated rings. The average Bonchev–Trinajstić information content (AvgIpc) is 2.82. The Morgan fingerprint density at radius 1 is 1.06 bits per heavy atom. The number of hydrogen-bond acceptors (Lipinski definition) is 4. The van der Waals surface area contributed by atoms with E-state index >= 15 is 0 Å². The molecule has 0 unspecified atom stereocenters. The molecular weight excluding hydrogens is 226 g/mol. The molecule has 1 N–H and O–H groups in total. The lowest BCUT2D eigenvalue weighted by Gasteiger charge is -2.34. The minimum absolute atomic E-state index is 0.415. The monoisotopic (exact) mass is 245 g/mol. The van der Waals surface area contributed by atoms with Crippen LogP contribution in [0.15, 0.2) is 24.3 Å². The third-order valence-corrected chi connectivity index (χ3v) is 2.88. The first-order valence-corrected chi connectivity index (χ1v) is 6.22. The molecule has 0 aliphatic heterocycles. The molecule has 5 nitrogen and oxygen atoms in total. The summed E-state index contributed by atoms with van der Waals surface area (Å²) in [7, 11) is 0. The van der Waals surface area contributed by atoms with Crippen molar-refractivity contribution in [3.05, 3.63) is 24.3 Å². The quantitative estimate of drug-likeness (QED) is 0.899. The lowest BCUT2D eigenvalue weighted by molar-refractivity contribution is 0.608. The molecule has 0 saturated carbocycles. The van der Waals surface area contributed by atoms with Crippen molar-refractivity contribution in [3.63, 3.8) is 0 Å². The molecule has 5 heteroatoms. The zero-order valence-electron chi connectivity index (χ0n) is 11.3. The number of nitrogens with zero attached hydrogens (tertiary/aromatic N) is 4. The van der Waals surface area contributed by atoms with E-state index < -0.39 is 0 Å². The second-order valence-electron chi connectivity index (χ2n) is 4.85. The molecule has 2 rings (SSSR count). The Labute approximate surface area is 107 Å². The second-order valence-corrected chi connectivity index (χ2v) is 4.85. The molecule has 0 bridgehead atoms. The van der Waals surface area contributed by atoms with E-state index in [9.17, 15) is 0 Å². The molecule has 0 aliphatic carbocycles. The zero-order valence-corrected chi connectivity index (χ0v) is 11.3. The van der Waals surface area contributed by atoms with Gasteiger partial charge in [0.1, 0.15) is 0 Å². The highest BCUT2D eigenvalue weighted by Gasteiger charge is 2.19. The van der Waals surface area contributed by atoms with Gasteiger partial charge in [-0.25, -0.2) is 0 Å². The van der Waals surface area contributed by atoms with Crippen LogP contribution in [0.1, 0.15) is 27.7 Å². The summed E-state index contributed by atoms with van der Waals surface area (Å²) in [6, 6.07) is 8.99. The van der Waals surface area contributed by atoms with Gasteiger partial charge in [-0.15, -0.1) is 10.2 Å². The van der Waals surface area contributed by atoms with E-state index in [1.54, 1.807) is 0 Å². The van der Waals surface area contributed by atoms with E-state index in [0.29, 0.717) is 17.9 Å². The molecule has 1 aromatic heterocycles. The molecular formula is C13H19N5. The van der Waals surface area contributed by atoms with E-state index in [0.717, 1.165) is 11.3 Å². The van der Waals surface area contributed by atoms with Crippen LogP contribution in [-0.4, -0.2) is 32.7 Å². The Morgan fingerprint density at radius 3 is 2.28 bits per heavy atom. The van der Waals surface area contributed by atoms with Gasteiger partial charge in [0.2, 0.25) is 5.82 Å². The summed E-state index contributed by atoms with van der Waals surface area (Å²) in [6.45, 7) is 8.75. The summed E-state index contributed by atoms with van der Waals surface area (Å²) in [5, 5.41) is 14.3. The summed E-state index contributed by atoms with van der Waals surface area (Å²) in [5.41, 5.74) is 2.15. The predicted molar refractivity (Wildman–Crippen MR) is 72.4 cm³/mol. The van der Waals surface area contributed by atoms with Crippen molar-refractivity contribution >= 4 is 5.69 Å². The molecule has 0 amide bonds. The van der Waals surface area contributed by atoms with Crippen molar-refractivity contribution in [2.45, 2.75) is 39.8 Å². The fourth-order valence-electron chi connectivity index (χ4n) is 2.32. The highest BCUT2D eigenvalue weighted by molar-refractivity contribution is 5.74. The number of hydrogen-bond donors (Lipinski definition) is 1. The third kappa shape index (κ3) is 2.34. The van der Waals surface area contributed by atoms with Crippen LogP contribution in [0.2, 0.25) is 0 Å². The van der Waals surface area contributed by atoms with Crippen LogP contribution in [-0.2, 0) is 0 Å². The van der Waals surface area contributed by atoms with Crippen molar-refractivity contribution in [3.8, 4) is 11.4 Å². The Morgan fingerprint density at radius 2 is 1.72 bits per heavy atom. The second kappa shape index (κ2) is 5.16. The van der Waals surface area contributed by atoms with Gasteiger partial charge in [0.05, 0.1) is 0 Å². The SMILES string of the molecule is CC(C)N(c1ccccc1-c1nn[nH]n1)C(C)C. The smallest absolute Gasteiger partial charge is 0.206 e. The number of rotatable bonds is 4. The summed E-state index contributed by atoms with van der Waals surface area (Å²) in [6.07, 6.45) is 0. The fraction of sp³-hybridized carbons (Fsp3) is 0.462. The fourth-order valence-corrected chi connectivity index (χ4v) is 2.32. The van der Waals surface area contributed by atoms with E-state index in [1.807, 2.05) is 18.2 Å². The average molecular weight is 245 g/mol. The lowest BCUT2D eigenvalue weighted by atomic mass is 10.1. The molecule has 18 heavy (non-hydrogen) atoms. The first-order valence-electron chi connectivity index (χ1n) is 6.22. The number of tetrazole rings is 1. The Kier molecular flexibility index (Phi) is 3.60. The van der Waals surface area contributed by atoms with Gasteiger partial charge in [0.15, 0.2) is 0 Å². The molecule has 1 aromatic carbocycles. The molecule has 2 aromatic rings. The first-order chi connectivity index (χ1) is 8.61. The number of aromatic amines is 1. The molecule has 0 saturated heterocycles. The van der Waals surface area contributed by atoms with Gasteiger partial charge in [0.25, 0.3) is 0 Å². The number of para-hydroxylation sites is 1. The van der Waals surface area contributed by atoms with Crippen LogP contribution in [0.25, 0.3) is 11.4 Å². The van der Waals surface area contributed by atoms with E-state index in [4.69, 9.17) is 0 Å². The number of aromatic nitrogens is 4. The zero-order chi connectivity index (χ0) is 13.1. The van der Waals surface area contributed by atoms with E-state index in [2.05, 4.69) is 59.3 Å². The van der Waals surface area contributed by atoms with Crippen molar-refractivity contribution in [1.82, 2.24) is 20.6 Å². The maximum absolute atomic E-state index is 4.07. The Hall–Kier alpha value is -1.91. The molecule has 0 spiro atoms. The summed E-state index contributed by atoms with van der Waals surface area (Å²) >= 11 is 0. The summed E-state index contributed by atoms with van der Waals surface area (Å²) in [4.78, 5) is 2.35. The van der Waals surface area contributed by atoms with Crippen LogP contribution in [0.3, 0.4) is 0 Å². The van der Waals surface area contributed by atoms with Crippen LogP contribution in [0.4, 0.5) is 5.69 Å². The van der Waals surface area contributed by atoms with Gasteiger partial charge in [-0.3, -0.25) is 0 Å². The van der Waals surface area contributed by atoms with Gasteiger partial charge in [-0.1, -0.05) is 12.1 Å². The molecule has 1 heterocycles. The minimum atomic E-state index is 0.415. The largest absolute Gasteiger partial charge is 0.366 e. The van der Waals surface area contributed by atoms with Crippen molar-refractivity contribution in [2.75, 3.05) is 4.90 Å². The topological polar surface area (TPSA) is 57.7 Å². The highest BCUT2D eigenvalue weighted by atomic mass is 15.5. The Bertz CT molecular complexity index is 482. The standard InChI is InChI=1S/C13H19N5/c1-9(2)18(10(3)4)12-8-6-5-7-11(12)13-14-16-17-15-13/h5-10H,1-4H3,(H,14,15,16,17). The molecule has 0 atom stereocenters. The third-order valence-electron chi connectivity index (χ3n) is 2.88. The molecule has 96 valence electrons. The van der Waals surface area contributed by atoms with Gasteiger partial charge < -0.3 is 4.90 Å². The first kappa shape index (κ1) is 12.5. The minimum Gasteiger partial charge on any atom is -0.366 e. The molecule has 0 radical (unpaired) electrons. The number of anilines is 1. The summed E-state index contributed by atoms with van der Waals surface area (Å²) in [5.74, 6) is 0.636. The summed E-state index contributed by atoms with van der Waals surface area (Å²) < 4.78 is 0. The lowest BCUT2D eigenvalue weighted by Crippen LogP contribution is -2.37. The molecule has 0 aliphatic rings. The van der Waals surface area contributed by atoms with Crippen molar-refractivity contribution in [2.24, 2.45) is 0 Å². The van der Waals surface area contributed by atoms with Crippen molar-refractivity contribution < 1.29 is 0 Å². The number of H-pyrrole nitrogens is 1. The maximum atomic E-state index is 4.07. The van der Waals surface area contributed by atoms with Crippen LogP contribution in [0, 0.1) is 0 Å². The number of benzene rings is 1. The van der Waals surface area contributed by atoms with Crippen LogP contribution < -0.4 is 4.90 Å². The highest BCUT2D eigenvalue weighted by Crippen LogP contribution is 2.30. The van der Waals surface area contributed by atoms with Crippen LogP contribution in [0.5, 0.6) is 0 Å². The van der Waals surface area contributed by atoms with Crippen LogP contribution >= 0.6 is 0 Å². The Balaban J connectivity index is 2.50. The van der Waals surface area contributed by atoms with E-state index in [-0.39, 0.29) is 0 Å². The number of nitrogens with one attached hydrogen (secondary N) is 1. The maximum Gasteiger partial charge on any atom is 0.206 e. The van der Waals surface area contributed by atoms with Gasteiger partial charge in [0, 0.05) is 23.3 Å². The predicted octanol–water partition coefficient (Wildman–Crippen LogP) is 2.49. The van der Waals surface area contributed by atoms with Gasteiger partial charge in [-0.05, 0) is 45.0 Å². The van der Waals surface area contributed by atoms with Crippen molar-refractivity contribution in [1.29, 1.82) is 0 Å². The normalized spacial score (nSPS) is 11.2.